The van der Waals surface area contributed by atoms with Crippen LogP contribution < -0.4 is 10.6 Å². The van der Waals surface area contributed by atoms with Crippen molar-refractivity contribution in [1.82, 2.24) is 0 Å². The van der Waals surface area contributed by atoms with Crippen LogP contribution in [0, 0.1) is 0 Å². The molecule has 0 aliphatic carbocycles. The van der Waals surface area contributed by atoms with Gasteiger partial charge in [0.2, 0.25) is 0 Å². The van der Waals surface area contributed by atoms with Gasteiger partial charge in [0.25, 0.3) is 0 Å². The van der Waals surface area contributed by atoms with Crippen LogP contribution in [0.15, 0.2) is 72.6 Å². The summed E-state index contributed by atoms with van der Waals surface area (Å²) in [6.07, 6.45) is 2.14. The van der Waals surface area contributed by atoms with Crippen molar-refractivity contribution in [3.05, 3.63) is 72.6 Å². The van der Waals surface area contributed by atoms with E-state index in [0.29, 0.717) is 0 Å². The number of hydrogen-bond acceptors (Lipinski definition) is 0. The maximum atomic E-state index is 3.45. The van der Waals surface area contributed by atoms with Gasteiger partial charge in [-0.2, -0.15) is 0 Å². The van der Waals surface area contributed by atoms with Crippen LogP contribution in [-0.4, -0.2) is 15.1 Å². The van der Waals surface area contributed by atoms with Crippen LogP contribution in [0.5, 0.6) is 0 Å². The van der Waals surface area contributed by atoms with Crippen molar-refractivity contribution in [2.45, 2.75) is 6.92 Å². The van der Waals surface area contributed by atoms with Gasteiger partial charge in [0.1, 0.15) is 0 Å². The second kappa shape index (κ2) is 5.65. The molecule has 0 amide bonds. The Hall–Kier alpha value is -0.871. The molecule has 0 aromatic heterocycles. The summed E-state index contributed by atoms with van der Waals surface area (Å²) in [7, 11) is 0. The SMILES string of the molecule is C/C=C/P(=[Se])(c1ccccc1)c1ccccc1. The summed E-state index contributed by atoms with van der Waals surface area (Å²) in [5, 5.41) is 2.76. The zero-order valence-electron chi connectivity index (χ0n) is 9.78. The fraction of sp³-hybridized carbons (Fsp3) is 0.0667. The average molecular weight is 305 g/mol. The van der Waals surface area contributed by atoms with Gasteiger partial charge in [-0.1, -0.05) is 0 Å². The second-order valence-electron chi connectivity index (χ2n) is 3.81. The summed E-state index contributed by atoms with van der Waals surface area (Å²) in [6.45, 7) is 2.08. The van der Waals surface area contributed by atoms with Crippen molar-refractivity contribution in [2.24, 2.45) is 0 Å². The summed E-state index contributed by atoms with van der Waals surface area (Å²) in [5.74, 6) is 2.32. The Labute approximate surface area is 111 Å². The van der Waals surface area contributed by atoms with Crippen molar-refractivity contribution >= 4 is 31.2 Å². The summed E-state index contributed by atoms with van der Waals surface area (Å²) in [6, 6.07) is 21.4. The van der Waals surface area contributed by atoms with E-state index >= 15 is 0 Å². The Bertz CT molecular complexity index is 500. The molecule has 2 rings (SSSR count). The van der Waals surface area contributed by atoms with Crippen molar-refractivity contribution in [3.63, 3.8) is 0 Å². The predicted molar refractivity (Wildman–Crippen MR) is 79.6 cm³/mol. The molecule has 2 aromatic rings. The normalized spacial score (nSPS) is 11.8. The van der Waals surface area contributed by atoms with Crippen LogP contribution in [0.2, 0.25) is 0 Å². The third-order valence-corrected chi connectivity index (χ3v) is 8.91. The van der Waals surface area contributed by atoms with Gasteiger partial charge in [0, 0.05) is 0 Å². The number of allylic oxidation sites excluding steroid dienone is 1. The number of hydrogen-bond donors (Lipinski definition) is 0. The Balaban J connectivity index is 2.60. The Morgan fingerprint density at radius 3 is 1.59 bits per heavy atom. The molecule has 17 heavy (non-hydrogen) atoms. The van der Waals surface area contributed by atoms with Crippen molar-refractivity contribution in [1.29, 1.82) is 0 Å². The van der Waals surface area contributed by atoms with Crippen molar-refractivity contribution in [3.8, 4) is 0 Å². The fourth-order valence-corrected chi connectivity index (χ4v) is 6.42. The first-order valence-corrected chi connectivity index (χ1v) is 9.69. The average Bonchev–Trinajstić information content (AvgIpc) is 2.41. The Morgan fingerprint density at radius 1 is 0.824 bits per heavy atom. The molecule has 86 valence electrons. The maximum absolute atomic E-state index is 3.45. The number of benzene rings is 2. The molecule has 0 aliphatic rings. The van der Waals surface area contributed by atoms with Crippen LogP contribution in [0.25, 0.3) is 0 Å². The summed E-state index contributed by atoms with van der Waals surface area (Å²) in [4.78, 5) is 0. The van der Waals surface area contributed by atoms with E-state index in [1.165, 1.54) is 10.6 Å². The van der Waals surface area contributed by atoms with E-state index in [-0.39, 0.29) is 0 Å². The van der Waals surface area contributed by atoms with E-state index in [1.807, 2.05) is 0 Å². The molecule has 0 nitrogen and oxygen atoms in total. The van der Waals surface area contributed by atoms with Gasteiger partial charge < -0.3 is 0 Å². The predicted octanol–water partition coefficient (Wildman–Crippen LogP) is 3.27. The molecule has 0 radical (unpaired) electrons. The molecule has 2 aromatic carbocycles. The fourth-order valence-electron chi connectivity index (χ4n) is 1.83. The molecule has 0 bridgehead atoms. The molecule has 0 heterocycles. The molecular formula is C15H15PSe. The van der Waals surface area contributed by atoms with Gasteiger partial charge in [0.15, 0.2) is 0 Å². The van der Waals surface area contributed by atoms with E-state index in [4.69, 9.17) is 0 Å². The van der Waals surface area contributed by atoms with Crippen molar-refractivity contribution in [2.75, 3.05) is 0 Å². The summed E-state index contributed by atoms with van der Waals surface area (Å²) in [5.41, 5.74) is -1.48. The first-order valence-electron chi connectivity index (χ1n) is 5.62. The zero-order valence-corrected chi connectivity index (χ0v) is 12.4. The van der Waals surface area contributed by atoms with Crippen LogP contribution >= 0.6 is 5.51 Å². The molecule has 0 fully saturated rings. The molecular weight excluding hydrogens is 290 g/mol. The minimum absolute atomic E-state index is 1.38. The molecule has 0 saturated heterocycles. The summed E-state index contributed by atoms with van der Waals surface area (Å²) >= 11 is 3.45. The first kappa shape index (κ1) is 12.6. The van der Waals surface area contributed by atoms with Gasteiger partial charge >= 0.3 is 111 Å². The minimum atomic E-state index is -1.48. The molecule has 0 aliphatic heterocycles. The standard InChI is InChI=1S/C15H15PSe/c1-2-13-16(17,14-9-5-3-6-10-14)15-11-7-4-8-12-15/h2-13H,1H3/b13-2+. The molecule has 0 saturated carbocycles. The van der Waals surface area contributed by atoms with Crippen LogP contribution in [0.4, 0.5) is 0 Å². The van der Waals surface area contributed by atoms with E-state index in [9.17, 15) is 0 Å². The van der Waals surface area contributed by atoms with E-state index < -0.39 is 5.51 Å². The quantitative estimate of drug-likeness (QED) is 0.603. The number of rotatable bonds is 3. The van der Waals surface area contributed by atoms with E-state index in [1.54, 1.807) is 0 Å². The Kier molecular flexibility index (Phi) is 4.18. The van der Waals surface area contributed by atoms with Crippen LogP contribution in [-0.2, 0) is 0 Å². The van der Waals surface area contributed by atoms with E-state index in [0.717, 1.165) is 0 Å². The van der Waals surface area contributed by atoms with Gasteiger partial charge in [-0.05, 0) is 0 Å². The second-order valence-corrected chi connectivity index (χ2v) is 10.1. The van der Waals surface area contributed by atoms with E-state index in [2.05, 4.69) is 94.6 Å². The molecule has 0 atom stereocenters. The third-order valence-electron chi connectivity index (χ3n) is 2.64. The molecule has 0 unspecified atom stereocenters. The summed E-state index contributed by atoms with van der Waals surface area (Å²) < 4.78 is 0. The molecule has 0 N–H and O–H groups in total. The molecule has 2 heteroatoms. The van der Waals surface area contributed by atoms with Gasteiger partial charge in [-0.15, -0.1) is 0 Å². The monoisotopic (exact) mass is 306 g/mol. The van der Waals surface area contributed by atoms with Gasteiger partial charge in [-0.3, -0.25) is 0 Å². The topological polar surface area (TPSA) is 0 Å². The first-order chi connectivity index (χ1) is 8.27. The van der Waals surface area contributed by atoms with Crippen molar-refractivity contribution < 1.29 is 0 Å². The molecule has 0 spiro atoms. The third kappa shape index (κ3) is 2.69. The van der Waals surface area contributed by atoms with Crippen LogP contribution in [0.3, 0.4) is 0 Å². The van der Waals surface area contributed by atoms with Crippen LogP contribution in [0.1, 0.15) is 6.92 Å². The van der Waals surface area contributed by atoms with Gasteiger partial charge in [-0.25, -0.2) is 0 Å². The van der Waals surface area contributed by atoms with Gasteiger partial charge in [0.05, 0.1) is 0 Å². The zero-order chi connectivity index (χ0) is 12.1. The Morgan fingerprint density at radius 2 is 1.24 bits per heavy atom.